The second kappa shape index (κ2) is 8.70. The van der Waals surface area contributed by atoms with E-state index < -0.39 is 14.9 Å². The minimum absolute atomic E-state index is 0.0272. The molecule has 0 saturated carbocycles. The highest BCUT2D eigenvalue weighted by Gasteiger charge is 2.31. The van der Waals surface area contributed by atoms with Crippen LogP contribution < -0.4 is 5.32 Å². The Morgan fingerprint density at radius 2 is 1.82 bits per heavy atom. The number of anilines is 1. The zero-order chi connectivity index (χ0) is 20.1. The Hall–Kier alpha value is -2.45. The third-order valence-electron chi connectivity index (χ3n) is 4.97. The maximum atomic E-state index is 13.2. The van der Waals surface area contributed by atoms with Crippen LogP contribution in [0.15, 0.2) is 53.4 Å². The molecule has 0 bridgehead atoms. The molecule has 1 fully saturated rings. The van der Waals surface area contributed by atoms with Crippen molar-refractivity contribution >= 4 is 21.4 Å². The summed E-state index contributed by atoms with van der Waals surface area (Å²) in [4.78, 5) is 10.6. The Labute approximate surface area is 165 Å². The predicted octanol–water partition coefficient (Wildman–Crippen LogP) is 4.33. The third-order valence-corrected chi connectivity index (χ3v) is 6.91. The predicted molar refractivity (Wildman–Crippen MR) is 109 cm³/mol. The molecule has 1 unspecified atom stereocenters. The van der Waals surface area contributed by atoms with Gasteiger partial charge in [0.05, 0.1) is 16.7 Å². The maximum Gasteiger partial charge on any atom is 0.270 e. The minimum Gasteiger partial charge on any atom is -0.377 e. The van der Waals surface area contributed by atoms with Gasteiger partial charge in [0.1, 0.15) is 4.90 Å². The van der Waals surface area contributed by atoms with Crippen molar-refractivity contribution in [3.8, 4) is 0 Å². The van der Waals surface area contributed by atoms with Crippen molar-refractivity contribution in [3.63, 3.8) is 0 Å². The first-order valence-corrected chi connectivity index (χ1v) is 11.0. The Kier molecular flexibility index (Phi) is 6.31. The van der Waals surface area contributed by atoms with Crippen molar-refractivity contribution in [1.82, 2.24) is 4.31 Å². The van der Waals surface area contributed by atoms with Gasteiger partial charge in [-0.2, -0.15) is 4.31 Å². The van der Waals surface area contributed by atoms with Gasteiger partial charge in [0.15, 0.2) is 0 Å². The number of hydrogen-bond acceptors (Lipinski definition) is 5. The summed E-state index contributed by atoms with van der Waals surface area (Å²) >= 11 is 0. The van der Waals surface area contributed by atoms with Gasteiger partial charge >= 0.3 is 0 Å². The van der Waals surface area contributed by atoms with Crippen LogP contribution in [-0.2, 0) is 10.0 Å². The summed E-state index contributed by atoms with van der Waals surface area (Å²) in [6.07, 6.45) is 3.33. The van der Waals surface area contributed by atoms with E-state index in [4.69, 9.17) is 0 Å². The Morgan fingerprint density at radius 1 is 1.14 bits per heavy atom. The summed E-state index contributed by atoms with van der Waals surface area (Å²) in [6.45, 7) is 2.96. The van der Waals surface area contributed by atoms with Gasteiger partial charge in [-0.1, -0.05) is 43.7 Å². The van der Waals surface area contributed by atoms with Crippen molar-refractivity contribution in [2.75, 3.05) is 18.4 Å². The molecule has 1 saturated heterocycles. The second-order valence-corrected chi connectivity index (χ2v) is 8.85. The van der Waals surface area contributed by atoms with Crippen LogP contribution in [0.25, 0.3) is 0 Å². The van der Waals surface area contributed by atoms with E-state index in [1.165, 1.54) is 22.5 Å². The van der Waals surface area contributed by atoms with E-state index in [2.05, 4.69) is 12.2 Å². The normalized spacial score (nSPS) is 16.0. The lowest BCUT2D eigenvalue weighted by molar-refractivity contribution is -0.385. The Morgan fingerprint density at radius 3 is 2.43 bits per heavy atom. The Balaban J connectivity index is 2.03. The number of nitro groups is 1. The number of rotatable bonds is 8. The molecule has 0 aromatic heterocycles. The summed E-state index contributed by atoms with van der Waals surface area (Å²) in [5, 5.41) is 14.6. The smallest absolute Gasteiger partial charge is 0.270 e. The maximum absolute atomic E-state index is 13.2. The summed E-state index contributed by atoms with van der Waals surface area (Å²) < 4.78 is 27.7. The van der Waals surface area contributed by atoms with E-state index in [0.29, 0.717) is 18.8 Å². The number of nitro benzene ring substituents is 1. The van der Waals surface area contributed by atoms with Crippen molar-refractivity contribution < 1.29 is 13.3 Å². The molecule has 150 valence electrons. The standard InChI is InChI=1S/C20H25N3O4S/c1-2-8-18(16-9-4-3-5-10-16)21-19-12-11-17(23(24)25)15-20(19)28(26,27)22-13-6-7-14-22/h3-5,9-12,15,18,21H,2,6-8,13-14H2,1H3. The summed E-state index contributed by atoms with van der Waals surface area (Å²) in [6, 6.07) is 13.7. The van der Waals surface area contributed by atoms with Crippen molar-refractivity contribution in [2.45, 2.75) is 43.5 Å². The number of nitrogens with zero attached hydrogens (tertiary/aromatic N) is 2. The van der Waals surface area contributed by atoms with Crippen molar-refractivity contribution in [2.24, 2.45) is 0 Å². The van der Waals surface area contributed by atoms with Gasteiger partial charge in [0.2, 0.25) is 10.0 Å². The molecule has 1 atom stereocenters. The average molecular weight is 404 g/mol. The number of hydrogen-bond donors (Lipinski definition) is 1. The van der Waals surface area contributed by atoms with Gasteiger partial charge in [0.25, 0.3) is 5.69 Å². The van der Waals surface area contributed by atoms with Gasteiger partial charge in [0, 0.05) is 25.2 Å². The van der Waals surface area contributed by atoms with E-state index in [9.17, 15) is 18.5 Å². The van der Waals surface area contributed by atoms with Crippen LogP contribution in [0.5, 0.6) is 0 Å². The molecule has 2 aromatic carbocycles. The highest BCUT2D eigenvalue weighted by Crippen LogP contribution is 2.34. The fourth-order valence-electron chi connectivity index (χ4n) is 3.51. The first-order chi connectivity index (χ1) is 13.4. The number of non-ortho nitro benzene ring substituents is 1. The molecule has 1 aliphatic rings. The number of benzene rings is 2. The van der Waals surface area contributed by atoms with Gasteiger partial charge in [-0.25, -0.2) is 8.42 Å². The van der Waals surface area contributed by atoms with Crippen LogP contribution in [0.3, 0.4) is 0 Å². The Bertz CT molecular complexity index is 926. The molecule has 3 rings (SSSR count). The van der Waals surface area contributed by atoms with E-state index >= 15 is 0 Å². The molecule has 28 heavy (non-hydrogen) atoms. The fraction of sp³-hybridized carbons (Fsp3) is 0.400. The lowest BCUT2D eigenvalue weighted by Gasteiger charge is -2.23. The van der Waals surface area contributed by atoms with Crippen molar-refractivity contribution in [1.29, 1.82) is 0 Å². The average Bonchev–Trinajstić information content (AvgIpc) is 3.24. The molecule has 1 heterocycles. The third kappa shape index (κ3) is 4.34. The molecule has 1 aliphatic heterocycles. The first-order valence-electron chi connectivity index (χ1n) is 9.53. The van der Waals surface area contributed by atoms with Crippen LogP contribution in [0.4, 0.5) is 11.4 Å². The SMILES string of the molecule is CCCC(Nc1ccc([N+](=O)[O-])cc1S(=O)(=O)N1CCCC1)c1ccccc1. The lowest BCUT2D eigenvalue weighted by Crippen LogP contribution is -2.29. The van der Waals surface area contributed by atoms with Gasteiger partial charge in [-0.15, -0.1) is 0 Å². The molecule has 0 radical (unpaired) electrons. The quantitative estimate of drug-likeness (QED) is 0.523. The zero-order valence-electron chi connectivity index (χ0n) is 15.9. The lowest BCUT2D eigenvalue weighted by atomic mass is 10.0. The van der Waals surface area contributed by atoms with Crippen LogP contribution >= 0.6 is 0 Å². The molecule has 8 heteroatoms. The molecular formula is C20H25N3O4S. The highest BCUT2D eigenvalue weighted by molar-refractivity contribution is 7.89. The topological polar surface area (TPSA) is 92.5 Å². The van der Waals surface area contributed by atoms with Gasteiger partial charge < -0.3 is 5.32 Å². The van der Waals surface area contributed by atoms with E-state index in [0.717, 1.165) is 31.2 Å². The van der Waals surface area contributed by atoms with Crippen LogP contribution in [-0.4, -0.2) is 30.7 Å². The van der Waals surface area contributed by atoms with Crippen LogP contribution in [0.1, 0.15) is 44.2 Å². The highest BCUT2D eigenvalue weighted by atomic mass is 32.2. The number of sulfonamides is 1. The summed E-state index contributed by atoms with van der Waals surface area (Å²) in [5.74, 6) is 0. The fourth-order valence-corrected chi connectivity index (χ4v) is 5.20. The van der Waals surface area contributed by atoms with E-state index in [-0.39, 0.29) is 16.6 Å². The molecule has 0 amide bonds. The second-order valence-electron chi connectivity index (χ2n) is 6.95. The largest absolute Gasteiger partial charge is 0.377 e. The molecule has 7 nitrogen and oxygen atoms in total. The molecular weight excluding hydrogens is 378 g/mol. The van der Waals surface area contributed by atoms with Crippen molar-refractivity contribution in [3.05, 3.63) is 64.2 Å². The van der Waals surface area contributed by atoms with Gasteiger partial charge in [-0.05, 0) is 30.9 Å². The molecule has 0 aliphatic carbocycles. The molecule has 0 spiro atoms. The molecule has 1 N–H and O–H groups in total. The zero-order valence-corrected chi connectivity index (χ0v) is 16.7. The summed E-state index contributed by atoms with van der Waals surface area (Å²) in [5.41, 5.74) is 1.22. The van der Waals surface area contributed by atoms with Gasteiger partial charge in [-0.3, -0.25) is 10.1 Å². The minimum atomic E-state index is -3.80. The van der Waals surface area contributed by atoms with Crippen LogP contribution in [0, 0.1) is 10.1 Å². The number of nitrogens with one attached hydrogen (secondary N) is 1. The summed E-state index contributed by atoms with van der Waals surface area (Å²) in [7, 11) is -3.80. The van der Waals surface area contributed by atoms with E-state index in [1.807, 2.05) is 30.3 Å². The molecule has 2 aromatic rings. The first kappa shape index (κ1) is 20.3. The van der Waals surface area contributed by atoms with E-state index in [1.54, 1.807) is 0 Å². The van der Waals surface area contributed by atoms with Crippen LogP contribution in [0.2, 0.25) is 0 Å². The monoisotopic (exact) mass is 403 g/mol.